The minimum Gasteiger partial charge on any atom is -0.487 e. The highest BCUT2D eigenvalue weighted by molar-refractivity contribution is 7.89. The second-order valence-electron chi connectivity index (χ2n) is 8.87. The monoisotopic (exact) mass is 490 g/mol. The molecule has 1 atom stereocenters. The van der Waals surface area contributed by atoms with E-state index in [1.165, 1.54) is 16.4 Å². The molecule has 0 aliphatic carbocycles. The molecule has 1 amide bonds. The molecule has 0 unspecified atom stereocenters. The Labute approximate surface area is 201 Å². The van der Waals surface area contributed by atoms with Crippen LogP contribution in [0.2, 0.25) is 5.02 Å². The molecule has 8 heteroatoms. The lowest BCUT2D eigenvalue weighted by molar-refractivity contribution is 0.0227. The largest absolute Gasteiger partial charge is 0.487 e. The van der Waals surface area contributed by atoms with Gasteiger partial charge in [-0.1, -0.05) is 50.1 Å². The maximum atomic E-state index is 13.3. The third-order valence-electron chi connectivity index (χ3n) is 6.92. The number of sulfonamides is 1. The first-order valence-electron chi connectivity index (χ1n) is 11.7. The van der Waals surface area contributed by atoms with Crippen molar-refractivity contribution < 1.29 is 17.9 Å². The van der Waals surface area contributed by atoms with Crippen LogP contribution in [0.3, 0.4) is 0 Å². The maximum Gasteiger partial charge on any atom is 0.251 e. The average molecular weight is 491 g/mol. The van der Waals surface area contributed by atoms with Crippen LogP contribution in [-0.2, 0) is 10.0 Å². The van der Waals surface area contributed by atoms with Gasteiger partial charge in [-0.25, -0.2) is 8.42 Å². The summed E-state index contributed by atoms with van der Waals surface area (Å²) in [5.41, 5.74) is 0.853. The minimum atomic E-state index is -3.76. The topological polar surface area (TPSA) is 75.7 Å². The lowest BCUT2D eigenvalue weighted by atomic mass is 9.83. The van der Waals surface area contributed by atoms with Crippen molar-refractivity contribution in [2.45, 2.75) is 68.9 Å². The number of ether oxygens (including phenoxy) is 1. The van der Waals surface area contributed by atoms with Crippen molar-refractivity contribution in [2.75, 3.05) is 13.1 Å². The molecule has 178 valence electrons. The van der Waals surface area contributed by atoms with Crippen LogP contribution in [0.25, 0.3) is 0 Å². The number of para-hydroxylation sites is 1. The third kappa shape index (κ3) is 4.77. The SMILES string of the molecule is CCC1(CC)C[C@@H](NC(=O)c2ccc(Cl)c(S(=O)(=O)N3CCCCC3)c2)c2ccccc2O1. The van der Waals surface area contributed by atoms with E-state index >= 15 is 0 Å². The van der Waals surface area contributed by atoms with Crippen LogP contribution in [0, 0.1) is 0 Å². The Bertz CT molecular complexity index is 1120. The van der Waals surface area contributed by atoms with Crippen molar-refractivity contribution in [1.82, 2.24) is 9.62 Å². The fourth-order valence-corrected chi connectivity index (χ4v) is 6.78. The number of piperidine rings is 1. The van der Waals surface area contributed by atoms with Gasteiger partial charge in [0.15, 0.2) is 0 Å². The predicted molar refractivity (Wildman–Crippen MR) is 129 cm³/mol. The first kappa shape index (κ1) is 24.0. The highest BCUT2D eigenvalue weighted by Gasteiger charge is 2.39. The van der Waals surface area contributed by atoms with Gasteiger partial charge in [-0.05, 0) is 49.9 Å². The average Bonchev–Trinajstić information content (AvgIpc) is 2.84. The molecule has 4 rings (SSSR count). The Morgan fingerprint density at radius 2 is 1.82 bits per heavy atom. The number of hydrogen-bond acceptors (Lipinski definition) is 4. The first-order valence-corrected chi connectivity index (χ1v) is 13.5. The number of nitrogens with zero attached hydrogens (tertiary/aromatic N) is 1. The van der Waals surface area contributed by atoms with Crippen LogP contribution in [-0.4, -0.2) is 37.3 Å². The molecule has 0 bridgehead atoms. The summed E-state index contributed by atoms with van der Waals surface area (Å²) in [4.78, 5) is 13.3. The van der Waals surface area contributed by atoms with E-state index < -0.39 is 10.0 Å². The number of nitrogens with one attached hydrogen (secondary N) is 1. The zero-order valence-electron chi connectivity index (χ0n) is 19.1. The van der Waals surface area contributed by atoms with Crippen LogP contribution in [0.5, 0.6) is 5.75 Å². The molecule has 0 aromatic heterocycles. The quantitative estimate of drug-likeness (QED) is 0.594. The predicted octanol–water partition coefficient (Wildman–Crippen LogP) is 5.33. The van der Waals surface area contributed by atoms with Gasteiger partial charge in [-0.15, -0.1) is 0 Å². The van der Waals surface area contributed by atoms with E-state index in [1.807, 2.05) is 24.3 Å². The van der Waals surface area contributed by atoms with Gasteiger partial charge >= 0.3 is 0 Å². The van der Waals surface area contributed by atoms with Gasteiger partial charge < -0.3 is 10.1 Å². The van der Waals surface area contributed by atoms with Crippen LogP contribution in [0.15, 0.2) is 47.4 Å². The highest BCUT2D eigenvalue weighted by Crippen LogP contribution is 2.42. The molecular weight excluding hydrogens is 460 g/mol. The van der Waals surface area contributed by atoms with Crippen LogP contribution < -0.4 is 10.1 Å². The number of halogens is 1. The Balaban J connectivity index is 1.62. The van der Waals surface area contributed by atoms with E-state index in [0.29, 0.717) is 19.5 Å². The molecule has 6 nitrogen and oxygen atoms in total. The van der Waals surface area contributed by atoms with Gasteiger partial charge in [0, 0.05) is 30.6 Å². The number of carbonyl (C=O) groups excluding carboxylic acids is 1. The highest BCUT2D eigenvalue weighted by atomic mass is 35.5. The van der Waals surface area contributed by atoms with Crippen LogP contribution in [0.4, 0.5) is 0 Å². The maximum absolute atomic E-state index is 13.3. The first-order chi connectivity index (χ1) is 15.8. The molecule has 2 aromatic carbocycles. The summed E-state index contributed by atoms with van der Waals surface area (Å²) in [6, 6.07) is 12.0. The Morgan fingerprint density at radius 3 is 2.52 bits per heavy atom. The molecular formula is C25H31ClN2O4S. The van der Waals surface area contributed by atoms with E-state index in [2.05, 4.69) is 19.2 Å². The van der Waals surface area contributed by atoms with E-state index in [9.17, 15) is 13.2 Å². The second kappa shape index (κ2) is 9.65. The molecule has 2 aliphatic rings. The van der Waals surface area contributed by atoms with Gasteiger partial charge in [-0.2, -0.15) is 4.31 Å². The summed E-state index contributed by atoms with van der Waals surface area (Å²) in [7, 11) is -3.76. The summed E-state index contributed by atoms with van der Waals surface area (Å²) < 4.78 is 34.2. The van der Waals surface area contributed by atoms with Crippen molar-refractivity contribution >= 4 is 27.5 Å². The minimum absolute atomic E-state index is 0.0115. The van der Waals surface area contributed by atoms with E-state index in [0.717, 1.165) is 43.4 Å². The Morgan fingerprint density at radius 1 is 1.12 bits per heavy atom. The molecule has 1 N–H and O–H groups in total. The van der Waals surface area contributed by atoms with E-state index in [1.54, 1.807) is 6.07 Å². The lowest BCUT2D eigenvalue weighted by Crippen LogP contribution is -2.44. The van der Waals surface area contributed by atoms with E-state index in [4.69, 9.17) is 16.3 Å². The Kier molecular flexibility index (Phi) is 7.03. The van der Waals surface area contributed by atoms with Crippen molar-refractivity contribution in [3.63, 3.8) is 0 Å². The second-order valence-corrected chi connectivity index (χ2v) is 11.2. The molecule has 0 radical (unpaired) electrons. The summed E-state index contributed by atoms with van der Waals surface area (Å²) >= 11 is 6.28. The van der Waals surface area contributed by atoms with Crippen LogP contribution >= 0.6 is 11.6 Å². The number of fused-ring (bicyclic) bond motifs is 1. The van der Waals surface area contributed by atoms with E-state index in [-0.39, 0.29) is 33.0 Å². The van der Waals surface area contributed by atoms with Crippen molar-refractivity contribution in [3.8, 4) is 5.75 Å². The van der Waals surface area contributed by atoms with Crippen molar-refractivity contribution in [1.29, 1.82) is 0 Å². The van der Waals surface area contributed by atoms with Gasteiger partial charge in [0.25, 0.3) is 5.91 Å². The molecule has 1 saturated heterocycles. The number of rotatable bonds is 6. The third-order valence-corrected chi connectivity index (χ3v) is 9.30. The number of benzene rings is 2. The standard InChI is InChI=1S/C25H31ClN2O4S/c1-3-25(4-2)17-21(19-10-6-7-11-22(19)32-25)27-24(29)18-12-13-20(26)23(16-18)33(30,31)28-14-8-5-9-15-28/h6-7,10-13,16,21H,3-5,8-9,14-15,17H2,1-2H3,(H,27,29)/t21-/m1/s1. The molecule has 2 aromatic rings. The number of amides is 1. The Hall–Kier alpha value is -2.09. The lowest BCUT2D eigenvalue weighted by Gasteiger charge is -2.41. The number of hydrogen-bond donors (Lipinski definition) is 1. The van der Waals surface area contributed by atoms with Gasteiger partial charge in [0.05, 0.1) is 11.1 Å². The van der Waals surface area contributed by atoms with Gasteiger partial charge in [0.2, 0.25) is 10.0 Å². The summed E-state index contributed by atoms with van der Waals surface area (Å²) in [5, 5.41) is 3.25. The fourth-order valence-electron chi connectivity index (χ4n) is 4.76. The van der Waals surface area contributed by atoms with Gasteiger partial charge in [-0.3, -0.25) is 4.79 Å². The summed E-state index contributed by atoms with van der Waals surface area (Å²) in [6.45, 7) is 5.13. The molecule has 2 aliphatic heterocycles. The number of carbonyl (C=O) groups is 1. The summed E-state index contributed by atoms with van der Waals surface area (Å²) in [6.07, 6.45) is 4.97. The zero-order valence-corrected chi connectivity index (χ0v) is 20.7. The summed E-state index contributed by atoms with van der Waals surface area (Å²) in [5.74, 6) is 0.451. The molecule has 0 saturated carbocycles. The molecule has 2 heterocycles. The van der Waals surface area contributed by atoms with Gasteiger partial charge in [0.1, 0.15) is 16.2 Å². The molecule has 1 fully saturated rings. The fraction of sp³-hybridized carbons (Fsp3) is 0.480. The smallest absolute Gasteiger partial charge is 0.251 e. The van der Waals surface area contributed by atoms with Crippen molar-refractivity contribution in [3.05, 3.63) is 58.6 Å². The van der Waals surface area contributed by atoms with Crippen LogP contribution in [0.1, 0.15) is 74.3 Å². The molecule has 0 spiro atoms. The molecule has 33 heavy (non-hydrogen) atoms. The van der Waals surface area contributed by atoms with Crippen molar-refractivity contribution in [2.24, 2.45) is 0 Å². The normalized spacial score (nSPS) is 20.5. The zero-order chi connectivity index (χ0) is 23.6.